The van der Waals surface area contributed by atoms with E-state index in [-0.39, 0.29) is 36.5 Å². The van der Waals surface area contributed by atoms with Crippen LogP contribution in [0.4, 0.5) is 4.39 Å². The molecule has 0 bridgehead atoms. The van der Waals surface area contributed by atoms with E-state index in [0.717, 1.165) is 11.1 Å². The second kappa shape index (κ2) is 8.65. The normalized spacial score (nSPS) is 19.5. The third-order valence-corrected chi connectivity index (χ3v) is 5.74. The van der Waals surface area contributed by atoms with E-state index in [0.29, 0.717) is 32.6 Å². The minimum absolute atomic E-state index is 0.0632. The molecule has 1 unspecified atom stereocenters. The molecule has 2 saturated heterocycles. The molecule has 7 heteroatoms. The molecule has 3 amide bonds. The van der Waals surface area contributed by atoms with Gasteiger partial charge in [0.1, 0.15) is 18.4 Å². The molecule has 2 aliphatic heterocycles. The van der Waals surface area contributed by atoms with Gasteiger partial charge in [-0.05, 0) is 29.7 Å². The second-order valence-corrected chi connectivity index (χ2v) is 7.76. The van der Waals surface area contributed by atoms with Gasteiger partial charge in [0.2, 0.25) is 17.7 Å². The SMILES string of the molecule is O=C(Cc1ccc(F)cc1)N1CCC2C(=O)N(Cc3ccccc3)CC(=O)N2CC1. The molecule has 2 aromatic carbocycles. The standard InChI is InChI=1S/C23H24FN3O3/c24-19-8-6-17(7-9-19)14-21(28)25-11-10-20-23(30)26(15-18-4-2-1-3-5-18)16-22(29)27(20)13-12-25/h1-9,20H,10-16H2. The average molecular weight is 409 g/mol. The number of nitrogens with zero attached hydrogens (tertiary/aromatic N) is 3. The Hall–Kier alpha value is -3.22. The molecule has 156 valence electrons. The lowest BCUT2D eigenvalue weighted by Crippen LogP contribution is -2.59. The van der Waals surface area contributed by atoms with E-state index in [4.69, 9.17) is 0 Å². The van der Waals surface area contributed by atoms with E-state index in [1.807, 2.05) is 30.3 Å². The van der Waals surface area contributed by atoms with Gasteiger partial charge in [0.25, 0.3) is 0 Å². The van der Waals surface area contributed by atoms with Crippen LogP contribution < -0.4 is 0 Å². The molecular formula is C23H24FN3O3. The minimum Gasteiger partial charge on any atom is -0.341 e. The highest BCUT2D eigenvalue weighted by Gasteiger charge is 2.41. The van der Waals surface area contributed by atoms with E-state index in [1.165, 1.54) is 12.1 Å². The Morgan fingerprint density at radius 1 is 0.933 bits per heavy atom. The third-order valence-electron chi connectivity index (χ3n) is 5.74. The summed E-state index contributed by atoms with van der Waals surface area (Å²) in [6.07, 6.45) is 0.595. The number of halogens is 1. The molecule has 30 heavy (non-hydrogen) atoms. The van der Waals surface area contributed by atoms with Crippen molar-refractivity contribution in [3.05, 3.63) is 71.5 Å². The van der Waals surface area contributed by atoms with Crippen LogP contribution in [0.2, 0.25) is 0 Å². The molecule has 0 radical (unpaired) electrons. The first-order valence-electron chi connectivity index (χ1n) is 10.2. The molecule has 1 atom stereocenters. The van der Waals surface area contributed by atoms with Gasteiger partial charge in [0.15, 0.2) is 0 Å². The summed E-state index contributed by atoms with van der Waals surface area (Å²) in [5.41, 5.74) is 1.72. The predicted octanol–water partition coefficient (Wildman–Crippen LogP) is 1.84. The first kappa shape index (κ1) is 20.1. The van der Waals surface area contributed by atoms with E-state index in [2.05, 4.69) is 0 Å². The zero-order valence-electron chi connectivity index (χ0n) is 16.7. The first-order valence-corrected chi connectivity index (χ1v) is 10.2. The summed E-state index contributed by atoms with van der Waals surface area (Å²) in [6, 6.07) is 15.0. The molecule has 4 rings (SSSR count). The Morgan fingerprint density at radius 2 is 1.67 bits per heavy atom. The average Bonchev–Trinajstić information content (AvgIpc) is 2.98. The highest BCUT2D eigenvalue weighted by Crippen LogP contribution is 2.21. The molecule has 2 fully saturated rings. The zero-order chi connectivity index (χ0) is 21.1. The minimum atomic E-state index is -0.529. The smallest absolute Gasteiger partial charge is 0.246 e. The van der Waals surface area contributed by atoms with Crippen LogP contribution in [0.25, 0.3) is 0 Å². The van der Waals surface area contributed by atoms with Gasteiger partial charge in [-0.15, -0.1) is 0 Å². The van der Waals surface area contributed by atoms with Gasteiger partial charge in [0, 0.05) is 26.2 Å². The van der Waals surface area contributed by atoms with Gasteiger partial charge in [-0.1, -0.05) is 42.5 Å². The highest BCUT2D eigenvalue weighted by atomic mass is 19.1. The summed E-state index contributed by atoms with van der Waals surface area (Å²) < 4.78 is 13.1. The lowest BCUT2D eigenvalue weighted by atomic mass is 10.1. The number of hydrogen-bond acceptors (Lipinski definition) is 3. The molecule has 0 N–H and O–H groups in total. The molecular weight excluding hydrogens is 385 g/mol. The van der Waals surface area contributed by atoms with Crippen molar-refractivity contribution in [1.29, 1.82) is 0 Å². The van der Waals surface area contributed by atoms with E-state index < -0.39 is 6.04 Å². The number of carbonyl (C=O) groups excluding carboxylic acids is 3. The summed E-state index contributed by atoms with van der Waals surface area (Å²) in [5, 5.41) is 0. The van der Waals surface area contributed by atoms with E-state index in [9.17, 15) is 18.8 Å². The summed E-state index contributed by atoms with van der Waals surface area (Å²) in [5.74, 6) is -0.563. The summed E-state index contributed by atoms with van der Waals surface area (Å²) in [7, 11) is 0. The van der Waals surface area contributed by atoms with E-state index in [1.54, 1.807) is 26.8 Å². The molecule has 2 aliphatic rings. The molecule has 0 spiro atoms. The molecule has 0 saturated carbocycles. The largest absolute Gasteiger partial charge is 0.341 e. The van der Waals surface area contributed by atoms with Crippen LogP contribution in [0, 0.1) is 5.82 Å². The molecule has 0 aliphatic carbocycles. The number of benzene rings is 2. The Kier molecular flexibility index (Phi) is 5.79. The quantitative estimate of drug-likeness (QED) is 0.774. The number of amides is 3. The van der Waals surface area contributed by atoms with Gasteiger partial charge in [-0.25, -0.2) is 4.39 Å². The van der Waals surface area contributed by atoms with Crippen molar-refractivity contribution >= 4 is 17.7 Å². The lowest BCUT2D eigenvalue weighted by Gasteiger charge is -2.39. The second-order valence-electron chi connectivity index (χ2n) is 7.76. The molecule has 6 nitrogen and oxygen atoms in total. The topological polar surface area (TPSA) is 60.9 Å². The van der Waals surface area contributed by atoms with Gasteiger partial charge in [-0.2, -0.15) is 0 Å². The number of hydrogen-bond donors (Lipinski definition) is 0. The fraction of sp³-hybridized carbons (Fsp3) is 0.348. The van der Waals surface area contributed by atoms with Crippen molar-refractivity contribution in [2.75, 3.05) is 26.2 Å². The van der Waals surface area contributed by atoms with Crippen molar-refractivity contribution in [2.45, 2.75) is 25.4 Å². The maximum Gasteiger partial charge on any atom is 0.246 e. The van der Waals surface area contributed by atoms with Gasteiger partial charge >= 0.3 is 0 Å². The van der Waals surface area contributed by atoms with Crippen molar-refractivity contribution in [1.82, 2.24) is 14.7 Å². The monoisotopic (exact) mass is 409 g/mol. The maximum absolute atomic E-state index is 13.1. The van der Waals surface area contributed by atoms with Crippen LogP contribution in [-0.2, 0) is 27.3 Å². The summed E-state index contributed by atoms with van der Waals surface area (Å²) >= 11 is 0. The lowest BCUT2D eigenvalue weighted by molar-refractivity contribution is -0.156. The Bertz CT molecular complexity index is 932. The van der Waals surface area contributed by atoms with Crippen LogP contribution >= 0.6 is 0 Å². The van der Waals surface area contributed by atoms with E-state index >= 15 is 0 Å². The molecule has 2 heterocycles. The molecule has 2 aromatic rings. The van der Waals surface area contributed by atoms with Crippen molar-refractivity contribution in [2.24, 2.45) is 0 Å². The summed E-state index contributed by atoms with van der Waals surface area (Å²) in [6.45, 7) is 1.63. The number of carbonyl (C=O) groups is 3. The van der Waals surface area contributed by atoms with Crippen LogP contribution in [0.15, 0.2) is 54.6 Å². The highest BCUT2D eigenvalue weighted by molar-refractivity contribution is 5.95. The van der Waals surface area contributed by atoms with Crippen molar-refractivity contribution < 1.29 is 18.8 Å². The van der Waals surface area contributed by atoms with Crippen LogP contribution in [0.3, 0.4) is 0 Å². The van der Waals surface area contributed by atoms with Crippen LogP contribution in [0.1, 0.15) is 17.5 Å². The number of fused-ring (bicyclic) bond motifs is 1. The van der Waals surface area contributed by atoms with Crippen LogP contribution in [0.5, 0.6) is 0 Å². The Labute approximate surface area is 174 Å². The summed E-state index contributed by atoms with van der Waals surface area (Å²) in [4.78, 5) is 43.4. The fourth-order valence-corrected chi connectivity index (χ4v) is 4.10. The number of piperazine rings is 1. The first-order chi connectivity index (χ1) is 14.5. The molecule has 0 aromatic heterocycles. The zero-order valence-corrected chi connectivity index (χ0v) is 16.7. The van der Waals surface area contributed by atoms with Crippen molar-refractivity contribution in [3.8, 4) is 0 Å². The van der Waals surface area contributed by atoms with Crippen LogP contribution in [-0.4, -0.2) is 64.6 Å². The maximum atomic E-state index is 13.1. The predicted molar refractivity (Wildman–Crippen MR) is 109 cm³/mol. The third kappa shape index (κ3) is 4.35. The van der Waals surface area contributed by atoms with Gasteiger partial charge < -0.3 is 14.7 Å². The fourth-order valence-electron chi connectivity index (χ4n) is 4.10. The Morgan fingerprint density at radius 3 is 2.40 bits per heavy atom. The number of rotatable bonds is 4. The van der Waals surface area contributed by atoms with Crippen molar-refractivity contribution in [3.63, 3.8) is 0 Å². The van der Waals surface area contributed by atoms with Gasteiger partial charge in [-0.3, -0.25) is 14.4 Å². The Balaban J connectivity index is 1.41. The van der Waals surface area contributed by atoms with Gasteiger partial charge in [0.05, 0.1) is 6.42 Å².